The highest BCUT2D eigenvalue weighted by Crippen LogP contribution is 2.36. The molecule has 1 amide bonds. The Labute approximate surface area is 165 Å². The lowest BCUT2D eigenvalue weighted by Crippen LogP contribution is -2.35. The van der Waals surface area contributed by atoms with E-state index in [2.05, 4.69) is 41.4 Å². The number of hydrogen-bond acceptors (Lipinski definition) is 4. The third kappa shape index (κ3) is 3.70. The van der Waals surface area contributed by atoms with Crippen molar-refractivity contribution in [3.8, 4) is 11.1 Å². The van der Waals surface area contributed by atoms with Gasteiger partial charge >= 0.3 is 0 Å². The van der Waals surface area contributed by atoms with E-state index in [1.54, 1.807) is 6.92 Å². The molecule has 28 heavy (non-hydrogen) atoms. The largest absolute Gasteiger partial charge is 0.425 e. The molecule has 2 aromatic carbocycles. The number of aryl methyl sites for hydroxylation is 2. The molecule has 5 nitrogen and oxygen atoms in total. The number of carbonyl (C=O) groups is 1. The lowest BCUT2D eigenvalue weighted by Gasteiger charge is -2.24. The van der Waals surface area contributed by atoms with Gasteiger partial charge in [-0.05, 0) is 49.4 Å². The van der Waals surface area contributed by atoms with Crippen LogP contribution < -0.4 is 0 Å². The quantitative estimate of drug-likeness (QED) is 0.659. The number of amides is 1. The number of aromatic nitrogens is 2. The van der Waals surface area contributed by atoms with E-state index >= 15 is 0 Å². The molecule has 1 aliphatic rings. The summed E-state index contributed by atoms with van der Waals surface area (Å²) in [7, 11) is 1.89. The van der Waals surface area contributed by atoms with Gasteiger partial charge in [0.25, 0.3) is 5.91 Å². The zero-order valence-corrected chi connectivity index (χ0v) is 16.6. The van der Waals surface area contributed by atoms with Gasteiger partial charge in [0.05, 0.1) is 0 Å². The maximum absolute atomic E-state index is 12.9. The second kappa shape index (κ2) is 7.58. The first-order valence-electron chi connectivity index (χ1n) is 9.75. The Morgan fingerprint density at radius 3 is 2.21 bits per heavy atom. The molecular weight excluding hydrogens is 350 g/mol. The molecule has 2 atom stereocenters. The fourth-order valence-electron chi connectivity index (χ4n) is 3.93. The highest BCUT2D eigenvalue weighted by atomic mass is 16.4. The molecule has 4 rings (SSSR count). The van der Waals surface area contributed by atoms with Crippen LogP contribution in [0.25, 0.3) is 11.1 Å². The van der Waals surface area contributed by atoms with Crippen molar-refractivity contribution < 1.29 is 9.21 Å². The van der Waals surface area contributed by atoms with Gasteiger partial charge < -0.3 is 9.32 Å². The summed E-state index contributed by atoms with van der Waals surface area (Å²) in [5.41, 5.74) is 4.23. The van der Waals surface area contributed by atoms with E-state index in [0.29, 0.717) is 11.8 Å². The summed E-state index contributed by atoms with van der Waals surface area (Å²) in [4.78, 5) is 14.8. The van der Waals surface area contributed by atoms with Gasteiger partial charge in [-0.25, -0.2) is 0 Å². The topological polar surface area (TPSA) is 59.2 Å². The van der Waals surface area contributed by atoms with Gasteiger partial charge in [0.1, 0.15) is 0 Å². The molecule has 1 aliphatic carbocycles. The Bertz CT molecular complexity index is 960. The van der Waals surface area contributed by atoms with E-state index in [1.807, 2.05) is 36.2 Å². The van der Waals surface area contributed by atoms with Crippen LogP contribution in [0.3, 0.4) is 0 Å². The molecule has 0 radical (unpaired) electrons. The highest BCUT2D eigenvalue weighted by molar-refractivity contribution is 5.94. The fraction of sp³-hybridized carbons (Fsp3) is 0.348. The molecule has 0 aliphatic heterocycles. The number of hydrogen-bond donors (Lipinski definition) is 0. The van der Waals surface area contributed by atoms with Crippen LogP contribution in [-0.2, 0) is 0 Å². The molecule has 1 heterocycles. The van der Waals surface area contributed by atoms with Gasteiger partial charge in [0.2, 0.25) is 11.8 Å². The zero-order chi connectivity index (χ0) is 19.7. The lowest BCUT2D eigenvalue weighted by molar-refractivity contribution is 0.0733. The average molecular weight is 375 g/mol. The van der Waals surface area contributed by atoms with E-state index in [4.69, 9.17) is 4.42 Å². The van der Waals surface area contributed by atoms with Crippen LogP contribution in [0.2, 0.25) is 0 Å². The third-order valence-corrected chi connectivity index (χ3v) is 5.68. The van der Waals surface area contributed by atoms with Crippen molar-refractivity contribution >= 4 is 5.91 Å². The van der Waals surface area contributed by atoms with E-state index in [9.17, 15) is 4.79 Å². The van der Waals surface area contributed by atoms with Gasteiger partial charge in [-0.2, -0.15) is 0 Å². The normalized spacial score (nSPS) is 19.0. The van der Waals surface area contributed by atoms with E-state index in [0.717, 1.165) is 36.0 Å². The lowest BCUT2D eigenvalue weighted by atomic mass is 10.0. The second-order valence-corrected chi connectivity index (χ2v) is 7.68. The summed E-state index contributed by atoms with van der Waals surface area (Å²) in [5.74, 6) is 1.59. The van der Waals surface area contributed by atoms with Crippen LogP contribution in [0.4, 0.5) is 0 Å². The maximum Gasteiger partial charge on any atom is 0.253 e. The fourth-order valence-corrected chi connectivity index (χ4v) is 3.93. The number of benzene rings is 2. The molecule has 0 unspecified atom stereocenters. The van der Waals surface area contributed by atoms with Gasteiger partial charge in [-0.1, -0.05) is 42.0 Å². The maximum atomic E-state index is 12.9. The molecule has 144 valence electrons. The van der Waals surface area contributed by atoms with Crippen LogP contribution in [-0.4, -0.2) is 34.1 Å². The van der Waals surface area contributed by atoms with Gasteiger partial charge in [0, 0.05) is 31.5 Å². The Kier molecular flexibility index (Phi) is 4.99. The first-order valence-corrected chi connectivity index (χ1v) is 9.75. The number of carbonyl (C=O) groups excluding carboxylic acids is 1. The first-order chi connectivity index (χ1) is 13.5. The van der Waals surface area contributed by atoms with Crippen LogP contribution >= 0.6 is 0 Å². The predicted molar refractivity (Wildman–Crippen MR) is 108 cm³/mol. The highest BCUT2D eigenvalue weighted by Gasteiger charge is 2.33. The summed E-state index contributed by atoms with van der Waals surface area (Å²) in [6, 6.07) is 16.5. The molecule has 3 aromatic rings. The Hall–Kier alpha value is -2.95. The molecule has 0 N–H and O–H groups in total. The summed E-state index contributed by atoms with van der Waals surface area (Å²) in [5, 5.41) is 8.07. The molecule has 0 spiro atoms. The van der Waals surface area contributed by atoms with Crippen molar-refractivity contribution in [2.75, 3.05) is 7.05 Å². The standard InChI is InChI=1S/C23H25N3O2/c1-15-4-6-17(7-5-15)18-8-10-19(11-9-18)23(27)26(3)21-13-12-20(14-21)22-25-24-16(2)28-22/h4-11,20-21H,12-14H2,1-3H3/t20-,21+/m0/s1. The molecule has 1 saturated carbocycles. The van der Waals surface area contributed by atoms with E-state index < -0.39 is 0 Å². The van der Waals surface area contributed by atoms with Crippen molar-refractivity contribution in [3.63, 3.8) is 0 Å². The number of rotatable bonds is 4. The first kappa shape index (κ1) is 18.4. The van der Waals surface area contributed by atoms with E-state index in [-0.39, 0.29) is 17.9 Å². The molecule has 1 aromatic heterocycles. The van der Waals surface area contributed by atoms with Crippen LogP contribution in [0, 0.1) is 13.8 Å². The third-order valence-electron chi connectivity index (χ3n) is 5.68. The van der Waals surface area contributed by atoms with Crippen molar-refractivity contribution in [1.82, 2.24) is 15.1 Å². The zero-order valence-electron chi connectivity index (χ0n) is 16.6. The van der Waals surface area contributed by atoms with Gasteiger partial charge in [0.15, 0.2) is 0 Å². The summed E-state index contributed by atoms with van der Waals surface area (Å²) >= 11 is 0. The smallest absolute Gasteiger partial charge is 0.253 e. The molecule has 5 heteroatoms. The average Bonchev–Trinajstić information content (AvgIpc) is 3.37. The minimum Gasteiger partial charge on any atom is -0.425 e. The monoisotopic (exact) mass is 375 g/mol. The van der Waals surface area contributed by atoms with Crippen molar-refractivity contribution in [3.05, 3.63) is 71.4 Å². The van der Waals surface area contributed by atoms with Gasteiger partial charge in [-0.15, -0.1) is 10.2 Å². The molecular formula is C23H25N3O2. The Morgan fingerprint density at radius 1 is 0.964 bits per heavy atom. The molecule has 0 saturated heterocycles. The Morgan fingerprint density at radius 2 is 1.61 bits per heavy atom. The van der Waals surface area contributed by atoms with Crippen molar-refractivity contribution in [2.45, 2.75) is 45.1 Å². The number of nitrogens with zero attached hydrogens (tertiary/aromatic N) is 3. The summed E-state index contributed by atoms with van der Waals surface area (Å²) in [6.07, 6.45) is 2.79. The van der Waals surface area contributed by atoms with Crippen LogP contribution in [0.1, 0.15) is 52.9 Å². The second-order valence-electron chi connectivity index (χ2n) is 7.68. The predicted octanol–water partition coefficient (Wildman–Crippen LogP) is 4.76. The van der Waals surface area contributed by atoms with Crippen molar-refractivity contribution in [1.29, 1.82) is 0 Å². The van der Waals surface area contributed by atoms with E-state index in [1.165, 1.54) is 5.56 Å². The van der Waals surface area contributed by atoms with Gasteiger partial charge in [-0.3, -0.25) is 4.79 Å². The minimum atomic E-state index is 0.0582. The molecule has 0 bridgehead atoms. The molecule has 1 fully saturated rings. The van der Waals surface area contributed by atoms with Crippen LogP contribution in [0.15, 0.2) is 52.9 Å². The summed E-state index contributed by atoms with van der Waals surface area (Å²) < 4.78 is 5.58. The van der Waals surface area contributed by atoms with Crippen molar-refractivity contribution in [2.24, 2.45) is 0 Å². The summed E-state index contributed by atoms with van der Waals surface area (Å²) in [6.45, 7) is 3.88. The Balaban J connectivity index is 1.43. The minimum absolute atomic E-state index is 0.0582. The van der Waals surface area contributed by atoms with Crippen LogP contribution in [0.5, 0.6) is 0 Å². The SMILES string of the molecule is Cc1ccc(-c2ccc(C(=O)N(C)[C@@H]3CC[C@H](c4nnc(C)o4)C3)cc2)cc1.